The number of allylic oxidation sites excluding steroid dienone is 4. The molecule has 188 valence electrons. The molecule has 1 fully saturated rings. The van der Waals surface area contributed by atoms with Gasteiger partial charge in [-0.2, -0.15) is 0 Å². The number of aliphatic hydroxyl groups excluding tert-OH is 1. The lowest BCUT2D eigenvalue weighted by molar-refractivity contribution is -0.138. The van der Waals surface area contributed by atoms with Crippen molar-refractivity contribution in [1.29, 1.82) is 0 Å². The maximum absolute atomic E-state index is 12.0. The summed E-state index contributed by atoms with van der Waals surface area (Å²) >= 11 is 0. The molecule has 0 aromatic rings. The fourth-order valence-electron chi connectivity index (χ4n) is 6.67. The lowest BCUT2D eigenvalue weighted by Gasteiger charge is -2.50. The molecule has 4 aliphatic rings. The van der Waals surface area contributed by atoms with Crippen LogP contribution in [0.4, 0.5) is 0 Å². The number of nitrogens with zero attached hydrogens (tertiary/aromatic N) is 1. The van der Waals surface area contributed by atoms with Crippen molar-refractivity contribution in [1.82, 2.24) is 4.90 Å². The van der Waals surface area contributed by atoms with Crippen LogP contribution in [0.3, 0.4) is 0 Å². The van der Waals surface area contributed by atoms with Crippen LogP contribution in [0, 0.1) is 11.8 Å². The lowest BCUT2D eigenvalue weighted by Crippen LogP contribution is -2.50. The van der Waals surface area contributed by atoms with E-state index in [0.717, 1.165) is 25.0 Å². The van der Waals surface area contributed by atoms with E-state index in [-0.39, 0.29) is 11.9 Å². The highest BCUT2D eigenvalue weighted by Gasteiger charge is 2.44. The van der Waals surface area contributed by atoms with Crippen molar-refractivity contribution in [3.05, 3.63) is 46.4 Å². The van der Waals surface area contributed by atoms with E-state index in [9.17, 15) is 9.90 Å². The van der Waals surface area contributed by atoms with Crippen LogP contribution >= 0.6 is 0 Å². The Morgan fingerprint density at radius 2 is 1.94 bits per heavy atom. The Labute approximate surface area is 206 Å². The molecular weight excluding hydrogens is 422 g/mol. The smallest absolute Gasteiger partial charge is 0.307 e. The summed E-state index contributed by atoms with van der Waals surface area (Å²) in [6.07, 6.45) is 22.3. The number of hydrogen-bond donors (Lipinski definition) is 1. The predicted octanol–water partition coefficient (Wildman–Crippen LogP) is 6.97. The Morgan fingerprint density at radius 3 is 2.71 bits per heavy atom. The molecule has 1 unspecified atom stereocenters. The number of aliphatic hydroxyl groups is 1. The number of unbranched alkanes of at least 4 members (excludes halogenated alkanes) is 5. The van der Waals surface area contributed by atoms with Gasteiger partial charge in [-0.15, -0.1) is 0 Å². The molecule has 4 heteroatoms. The molecule has 0 aromatic carbocycles. The number of fused-ring (bicyclic) bond motifs is 5. The van der Waals surface area contributed by atoms with Gasteiger partial charge in [0.2, 0.25) is 0 Å². The molecule has 0 spiro atoms. The molecular formula is C30H45NO3. The third-order valence-corrected chi connectivity index (χ3v) is 8.33. The van der Waals surface area contributed by atoms with Gasteiger partial charge in [-0.25, -0.2) is 0 Å². The second-order valence-corrected chi connectivity index (χ2v) is 10.8. The molecule has 0 aromatic heterocycles. The van der Waals surface area contributed by atoms with E-state index in [1.54, 1.807) is 5.57 Å². The fraction of sp³-hybridized carbons (Fsp3) is 0.700. The second kappa shape index (κ2) is 11.7. The Kier molecular flexibility index (Phi) is 8.74. The van der Waals surface area contributed by atoms with Gasteiger partial charge in [0.05, 0.1) is 17.8 Å². The molecule has 4 atom stereocenters. The monoisotopic (exact) mass is 467 g/mol. The van der Waals surface area contributed by atoms with E-state index in [4.69, 9.17) is 4.74 Å². The quantitative estimate of drug-likeness (QED) is 0.278. The summed E-state index contributed by atoms with van der Waals surface area (Å²) in [5, 5.41) is 10.7. The zero-order chi connectivity index (χ0) is 24.1. The van der Waals surface area contributed by atoms with Gasteiger partial charge in [0.1, 0.15) is 5.76 Å². The van der Waals surface area contributed by atoms with Gasteiger partial charge in [-0.05, 0) is 54.7 Å². The van der Waals surface area contributed by atoms with Gasteiger partial charge < -0.3 is 14.7 Å². The van der Waals surface area contributed by atoms with Crippen LogP contribution in [0.2, 0.25) is 0 Å². The van der Waals surface area contributed by atoms with Gasteiger partial charge in [0, 0.05) is 25.8 Å². The van der Waals surface area contributed by atoms with Crippen LogP contribution < -0.4 is 0 Å². The largest absolute Gasteiger partial charge is 0.429 e. The van der Waals surface area contributed by atoms with E-state index >= 15 is 0 Å². The molecule has 4 nitrogen and oxygen atoms in total. The number of ether oxygens (including phenoxy) is 1. The summed E-state index contributed by atoms with van der Waals surface area (Å²) in [4.78, 5) is 14.4. The van der Waals surface area contributed by atoms with Crippen LogP contribution in [-0.4, -0.2) is 34.7 Å². The van der Waals surface area contributed by atoms with Gasteiger partial charge in [-0.1, -0.05) is 77.0 Å². The Hall–Kier alpha value is -1.81. The normalized spacial score (nSPS) is 27.1. The van der Waals surface area contributed by atoms with Crippen molar-refractivity contribution in [3.63, 3.8) is 0 Å². The minimum atomic E-state index is -0.485. The molecule has 2 aliphatic heterocycles. The van der Waals surface area contributed by atoms with Gasteiger partial charge in [0.15, 0.2) is 0 Å². The van der Waals surface area contributed by atoms with Crippen LogP contribution in [0.5, 0.6) is 0 Å². The summed E-state index contributed by atoms with van der Waals surface area (Å²) < 4.78 is 5.76. The number of rotatable bonds is 10. The minimum absolute atomic E-state index is 0.143. The summed E-state index contributed by atoms with van der Waals surface area (Å²) in [7, 11) is 0. The molecule has 0 saturated heterocycles. The lowest BCUT2D eigenvalue weighted by atomic mass is 9.71. The third-order valence-electron chi connectivity index (χ3n) is 8.33. The van der Waals surface area contributed by atoms with Crippen molar-refractivity contribution in [2.45, 2.75) is 116 Å². The van der Waals surface area contributed by atoms with Crippen molar-refractivity contribution in [3.8, 4) is 0 Å². The summed E-state index contributed by atoms with van der Waals surface area (Å²) in [6.45, 7) is 6.70. The average molecular weight is 468 g/mol. The maximum atomic E-state index is 12.0. The third kappa shape index (κ3) is 5.53. The van der Waals surface area contributed by atoms with Gasteiger partial charge in [-0.3, -0.25) is 4.79 Å². The molecule has 0 bridgehead atoms. The number of carbonyl (C=O) groups is 1. The SMILES string of the molecule is CCCCCCCC[C@H](CC)C1=CC2C(=C3CCCC[C@@H]3N3C[C@H](O)CC(OC(C)=O)=C23)C=C1. The Morgan fingerprint density at radius 1 is 1.15 bits per heavy atom. The number of carbonyl (C=O) groups excluding carboxylic acids is 1. The summed E-state index contributed by atoms with van der Waals surface area (Å²) in [6, 6.07) is 0.334. The first-order valence-electron chi connectivity index (χ1n) is 14.0. The highest BCUT2D eigenvalue weighted by molar-refractivity contribution is 5.67. The summed E-state index contributed by atoms with van der Waals surface area (Å²) in [5.41, 5.74) is 5.56. The average Bonchev–Trinajstić information content (AvgIpc) is 2.83. The minimum Gasteiger partial charge on any atom is -0.429 e. The van der Waals surface area contributed by atoms with Gasteiger partial charge >= 0.3 is 5.97 Å². The highest BCUT2D eigenvalue weighted by Crippen LogP contribution is 2.49. The Balaban J connectivity index is 1.62. The van der Waals surface area contributed by atoms with E-state index in [1.165, 1.54) is 75.9 Å². The molecule has 0 amide bonds. The molecule has 34 heavy (non-hydrogen) atoms. The first kappa shape index (κ1) is 25.3. The molecule has 1 N–H and O–H groups in total. The predicted molar refractivity (Wildman–Crippen MR) is 138 cm³/mol. The Bertz CT molecular complexity index is 864. The molecule has 4 rings (SSSR count). The number of esters is 1. The van der Waals surface area contributed by atoms with Crippen molar-refractivity contribution in [2.75, 3.05) is 6.54 Å². The zero-order valence-electron chi connectivity index (χ0n) is 21.7. The van der Waals surface area contributed by atoms with E-state index in [2.05, 4.69) is 37.0 Å². The molecule has 2 heterocycles. The van der Waals surface area contributed by atoms with Crippen molar-refractivity contribution < 1.29 is 14.6 Å². The highest BCUT2D eigenvalue weighted by atomic mass is 16.5. The maximum Gasteiger partial charge on any atom is 0.307 e. The number of hydrogen-bond acceptors (Lipinski definition) is 4. The van der Waals surface area contributed by atoms with E-state index in [1.807, 2.05) is 0 Å². The van der Waals surface area contributed by atoms with Gasteiger partial charge in [0.25, 0.3) is 0 Å². The van der Waals surface area contributed by atoms with Crippen LogP contribution in [-0.2, 0) is 9.53 Å². The topological polar surface area (TPSA) is 49.8 Å². The molecule has 2 aliphatic carbocycles. The summed E-state index contributed by atoms with van der Waals surface area (Å²) in [5.74, 6) is 1.12. The second-order valence-electron chi connectivity index (χ2n) is 10.8. The fourth-order valence-corrected chi connectivity index (χ4v) is 6.67. The molecule has 0 radical (unpaired) electrons. The van der Waals surface area contributed by atoms with Crippen LogP contribution in [0.15, 0.2) is 46.4 Å². The first-order valence-corrected chi connectivity index (χ1v) is 14.0. The first-order chi connectivity index (χ1) is 16.5. The van der Waals surface area contributed by atoms with Crippen molar-refractivity contribution >= 4 is 5.97 Å². The standard InChI is InChI=1S/C30H45NO3/c1-4-6-7-8-9-10-13-22(5-2)23-16-17-25-26-14-11-12-15-28(26)31-20-24(33)19-29(34-21(3)32)30(31)27(25)18-23/h16-18,22,24,27-28,33H,4-15,19-20H2,1-3H3/t22-,24+,27?,28-/m0/s1. The zero-order valence-corrected chi connectivity index (χ0v) is 21.7. The van der Waals surface area contributed by atoms with E-state index < -0.39 is 6.10 Å². The van der Waals surface area contributed by atoms with E-state index in [0.29, 0.717) is 30.7 Å². The van der Waals surface area contributed by atoms with Crippen LogP contribution in [0.1, 0.15) is 104 Å². The van der Waals surface area contributed by atoms with Crippen LogP contribution in [0.25, 0.3) is 0 Å². The van der Waals surface area contributed by atoms with Crippen molar-refractivity contribution in [2.24, 2.45) is 11.8 Å². The molecule has 1 saturated carbocycles.